The van der Waals surface area contributed by atoms with Crippen LogP contribution >= 0.6 is 0 Å². The predicted molar refractivity (Wildman–Crippen MR) is 82.6 cm³/mol. The van der Waals surface area contributed by atoms with Crippen molar-refractivity contribution in [2.75, 3.05) is 19.5 Å². The largest absolute Gasteiger partial charge is 0.381 e. The van der Waals surface area contributed by atoms with E-state index in [4.69, 9.17) is 4.74 Å². The first kappa shape index (κ1) is 13.8. The number of rotatable bonds is 4. The third kappa shape index (κ3) is 2.56. The average molecular weight is 285 g/mol. The normalized spacial score (nSPS) is 20.9. The maximum atomic E-state index is 12.4. The summed E-state index contributed by atoms with van der Waals surface area (Å²) in [6.07, 6.45) is 3.66. The maximum Gasteiger partial charge on any atom is 0.253 e. The summed E-state index contributed by atoms with van der Waals surface area (Å²) >= 11 is 0. The Hall–Kier alpha value is -2.14. The van der Waals surface area contributed by atoms with Gasteiger partial charge >= 0.3 is 0 Å². The molecule has 0 saturated heterocycles. The Kier molecular flexibility index (Phi) is 3.75. The summed E-state index contributed by atoms with van der Waals surface area (Å²) in [6, 6.07) is 8.00. The number of carbonyl (C=O) groups is 1. The van der Waals surface area contributed by atoms with Crippen molar-refractivity contribution in [3.05, 3.63) is 36.0 Å². The van der Waals surface area contributed by atoms with E-state index in [2.05, 4.69) is 15.6 Å². The predicted octanol–water partition coefficient (Wildman–Crippen LogP) is 2.18. The van der Waals surface area contributed by atoms with Crippen LogP contribution in [-0.4, -0.2) is 37.2 Å². The molecule has 21 heavy (non-hydrogen) atoms. The summed E-state index contributed by atoms with van der Waals surface area (Å²) < 4.78 is 5.23. The van der Waals surface area contributed by atoms with E-state index in [0.717, 1.165) is 29.4 Å². The summed E-state index contributed by atoms with van der Waals surface area (Å²) in [5, 5.41) is 7.97. The molecule has 2 aromatic rings. The Balaban J connectivity index is 1.85. The molecule has 1 amide bonds. The number of pyridine rings is 1. The van der Waals surface area contributed by atoms with Crippen LogP contribution in [0.3, 0.4) is 0 Å². The minimum atomic E-state index is -0.0686. The van der Waals surface area contributed by atoms with Gasteiger partial charge in [0.2, 0.25) is 0 Å². The Labute approximate surface area is 123 Å². The van der Waals surface area contributed by atoms with Crippen LogP contribution in [0, 0.1) is 0 Å². The maximum absolute atomic E-state index is 12.4. The fourth-order valence-electron chi connectivity index (χ4n) is 2.71. The molecule has 1 aliphatic carbocycles. The Bertz CT molecular complexity index is 666. The molecule has 3 rings (SSSR count). The molecule has 110 valence electrons. The molecule has 1 saturated carbocycles. The molecule has 1 fully saturated rings. The van der Waals surface area contributed by atoms with Crippen LogP contribution in [0.15, 0.2) is 30.5 Å². The lowest BCUT2D eigenvalue weighted by Gasteiger charge is -2.34. The first-order valence-electron chi connectivity index (χ1n) is 7.12. The van der Waals surface area contributed by atoms with Crippen molar-refractivity contribution < 1.29 is 9.53 Å². The second-order valence-electron chi connectivity index (χ2n) is 5.32. The van der Waals surface area contributed by atoms with Crippen molar-refractivity contribution in [2.45, 2.75) is 25.0 Å². The van der Waals surface area contributed by atoms with Gasteiger partial charge < -0.3 is 15.4 Å². The van der Waals surface area contributed by atoms with Gasteiger partial charge in [0.25, 0.3) is 5.91 Å². The molecule has 1 aromatic carbocycles. The number of amides is 1. The second kappa shape index (κ2) is 5.69. The van der Waals surface area contributed by atoms with Crippen LogP contribution in [0.4, 0.5) is 5.82 Å². The van der Waals surface area contributed by atoms with Gasteiger partial charge in [0.1, 0.15) is 5.82 Å². The Morgan fingerprint density at radius 2 is 2.00 bits per heavy atom. The minimum Gasteiger partial charge on any atom is -0.381 e. The number of benzene rings is 1. The van der Waals surface area contributed by atoms with Crippen molar-refractivity contribution in [3.8, 4) is 0 Å². The molecule has 0 bridgehead atoms. The zero-order valence-electron chi connectivity index (χ0n) is 12.2. The quantitative estimate of drug-likeness (QED) is 0.904. The summed E-state index contributed by atoms with van der Waals surface area (Å²) in [6.45, 7) is 0. The Morgan fingerprint density at radius 1 is 1.29 bits per heavy atom. The van der Waals surface area contributed by atoms with Gasteiger partial charge in [-0.3, -0.25) is 4.79 Å². The molecule has 0 radical (unpaired) electrons. The number of hydrogen-bond donors (Lipinski definition) is 2. The highest BCUT2D eigenvalue weighted by Crippen LogP contribution is 2.26. The highest BCUT2D eigenvalue weighted by atomic mass is 16.5. The van der Waals surface area contributed by atoms with Crippen LogP contribution in [0.25, 0.3) is 10.8 Å². The van der Waals surface area contributed by atoms with E-state index in [1.807, 2.05) is 31.3 Å². The third-order valence-electron chi connectivity index (χ3n) is 4.04. The molecular formula is C16H19N3O2. The number of nitrogens with one attached hydrogen (secondary N) is 2. The molecule has 0 aliphatic heterocycles. The van der Waals surface area contributed by atoms with Gasteiger partial charge in [-0.2, -0.15) is 0 Å². The zero-order chi connectivity index (χ0) is 14.8. The number of aromatic nitrogens is 1. The van der Waals surface area contributed by atoms with Gasteiger partial charge in [-0.15, -0.1) is 0 Å². The first-order valence-corrected chi connectivity index (χ1v) is 7.12. The lowest BCUT2D eigenvalue weighted by Crippen LogP contribution is -2.47. The highest BCUT2D eigenvalue weighted by Gasteiger charge is 2.30. The summed E-state index contributed by atoms with van der Waals surface area (Å²) in [7, 11) is 3.53. The van der Waals surface area contributed by atoms with E-state index >= 15 is 0 Å². The van der Waals surface area contributed by atoms with Gasteiger partial charge in [0, 0.05) is 31.8 Å². The number of carbonyl (C=O) groups excluding carboxylic acids is 1. The number of methoxy groups -OCH3 is 1. The molecule has 5 nitrogen and oxygen atoms in total. The molecule has 0 atom stereocenters. The molecule has 5 heteroatoms. The van der Waals surface area contributed by atoms with Gasteiger partial charge in [0.15, 0.2) is 0 Å². The average Bonchev–Trinajstić information content (AvgIpc) is 2.49. The molecular weight excluding hydrogens is 266 g/mol. The fourth-order valence-corrected chi connectivity index (χ4v) is 2.71. The van der Waals surface area contributed by atoms with Crippen molar-refractivity contribution >= 4 is 22.5 Å². The van der Waals surface area contributed by atoms with Crippen LogP contribution in [0.2, 0.25) is 0 Å². The molecule has 0 unspecified atom stereocenters. The second-order valence-corrected chi connectivity index (χ2v) is 5.32. The molecule has 1 aromatic heterocycles. The standard InChI is InChI=1S/C16H19N3O2/c1-17-15-13-6-4-3-5-12(13)14(9-18-15)16(20)19-10-7-11(8-10)21-2/h3-6,9-11H,7-8H2,1-2H3,(H,17,18)(H,19,20). The zero-order valence-corrected chi connectivity index (χ0v) is 12.2. The third-order valence-corrected chi connectivity index (χ3v) is 4.04. The van der Waals surface area contributed by atoms with E-state index in [1.54, 1.807) is 13.3 Å². The summed E-state index contributed by atoms with van der Waals surface area (Å²) in [5.41, 5.74) is 0.616. The summed E-state index contributed by atoms with van der Waals surface area (Å²) in [4.78, 5) is 16.8. The summed E-state index contributed by atoms with van der Waals surface area (Å²) in [5.74, 6) is 0.714. The van der Waals surface area contributed by atoms with Crippen LogP contribution in [0.5, 0.6) is 0 Å². The van der Waals surface area contributed by atoms with Crippen molar-refractivity contribution in [1.82, 2.24) is 10.3 Å². The smallest absolute Gasteiger partial charge is 0.253 e. The minimum absolute atomic E-state index is 0.0686. The number of nitrogens with zero attached hydrogens (tertiary/aromatic N) is 1. The van der Waals surface area contributed by atoms with Crippen LogP contribution in [0.1, 0.15) is 23.2 Å². The number of fused-ring (bicyclic) bond motifs is 1. The van der Waals surface area contributed by atoms with Crippen molar-refractivity contribution in [2.24, 2.45) is 0 Å². The highest BCUT2D eigenvalue weighted by molar-refractivity contribution is 6.09. The Morgan fingerprint density at radius 3 is 2.67 bits per heavy atom. The van der Waals surface area contributed by atoms with Gasteiger partial charge in [-0.25, -0.2) is 4.98 Å². The fraction of sp³-hybridized carbons (Fsp3) is 0.375. The molecule has 2 N–H and O–H groups in total. The first-order chi connectivity index (χ1) is 10.2. The van der Waals surface area contributed by atoms with E-state index in [0.29, 0.717) is 5.56 Å². The van der Waals surface area contributed by atoms with E-state index in [-0.39, 0.29) is 18.1 Å². The lowest BCUT2D eigenvalue weighted by molar-refractivity contribution is 0.0176. The number of ether oxygens (including phenoxy) is 1. The van der Waals surface area contributed by atoms with Crippen molar-refractivity contribution in [3.63, 3.8) is 0 Å². The van der Waals surface area contributed by atoms with E-state index < -0.39 is 0 Å². The van der Waals surface area contributed by atoms with Gasteiger partial charge in [-0.05, 0) is 18.2 Å². The molecule has 1 heterocycles. The monoisotopic (exact) mass is 285 g/mol. The molecule has 0 spiro atoms. The van der Waals surface area contributed by atoms with Gasteiger partial charge in [0.05, 0.1) is 11.7 Å². The van der Waals surface area contributed by atoms with E-state index in [1.165, 1.54) is 0 Å². The van der Waals surface area contributed by atoms with Gasteiger partial charge in [-0.1, -0.05) is 24.3 Å². The van der Waals surface area contributed by atoms with Crippen molar-refractivity contribution in [1.29, 1.82) is 0 Å². The van der Waals surface area contributed by atoms with E-state index in [9.17, 15) is 4.79 Å². The lowest BCUT2D eigenvalue weighted by atomic mass is 9.89. The number of anilines is 1. The van der Waals surface area contributed by atoms with Crippen LogP contribution in [-0.2, 0) is 4.74 Å². The van der Waals surface area contributed by atoms with Crippen LogP contribution < -0.4 is 10.6 Å². The topological polar surface area (TPSA) is 63.2 Å². The SMILES string of the molecule is CNc1ncc(C(=O)NC2CC(OC)C2)c2ccccc12. The molecule has 1 aliphatic rings. The number of hydrogen-bond acceptors (Lipinski definition) is 4.